The van der Waals surface area contributed by atoms with Crippen molar-refractivity contribution < 1.29 is 19.8 Å². The van der Waals surface area contributed by atoms with Gasteiger partial charge in [-0.2, -0.15) is 0 Å². The van der Waals surface area contributed by atoms with Crippen molar-refractivity contribution in [3.8, 4) is 0 Å². The van der Waals surface area contributed by atoms with Crippen molar-refractivity contribution in [1.82, 2.24) is 10.2 Å². The first-order valence-electron chi connectivity index (χ1n) is 6.79. The molecular weight excluding hydrogens is 248 g/mol. The van der Waals surface area contributed by atoms with Crippen molar-refractivity contribution in [2.75, 3.05) is 6.54 Å². The summed E-state index contributed by atoms with van der Waals surface area (Å²) in [6, 6.07) is -1.21. The molecule has 0 aromatic heterocycles. The number of aliphatic hydroxyl groups excluding tert-OH is 1. The predicted molar refractivity (Wildman–Crippen MR) is 68.7 cm³/mol. The van der Waals surface area contributed by atoms with Crippen molar-refractivity contribution >= 4 is 12.0 Å². The molecule has 0 aromatic carbocycles. The second kappa shape index (κ2) is 5.00. The number of urea groups is 1. The maximum atomic E-state index is 12.2. The lowest BCUT2D eigenvalue weighted by molar-refractivity contribution is -0.141. The lowest BCUT2D eigenvalue weighted by Crippen LogP contribution is -2.51. The van der Waals surface area contributed by atoms with Crippen molar-refractivity contribution in [3.63, 3.8) is 0 Å². The number of carboxylic acids is 1. The van der Waals surface area contributed by atoms with Gasteiger partial charge in [0.1, 0.15) is 6.04 Å². The molecule has 3 N–H and O–H groups in total. The van der Waals surface area contributed by atoms with E-state index in [1.807, 2.05) is 0 Å². The van der Waals surface area contributed by atoms with Crippen molar-refractivity contribution in [3.05, 3.63) is 0 Å². The monoisotopic (exact) mass is 270 g/mol. The van der Waals surface area contributed by atoms with E-state index in [9.17, 15) is 14.7 Å². The van der Waals surface area contributed by atoms with E-state index in [0.717, 1.165) is 19.3 Å². The van der Waals surface area contributed by atoms with E-state index in [2.05, 4.69) is 19.2 Å². The Morgan fingerprint density at radius 1 is 1.37 bits per heavy atom. The van der Waals surface area contributed by atoms with E-state index in [0.29, 0.717) is 0 Å². The first kappa shape index (κ1) is 14.1. The van der Waals surface area contributed by atoms with E-state index in [1.165, 1.54) is 4.90 Å². The van der Waals surface area contributed by atoms with E-state index >= 15 is 0 Å². The second-order valence-corrected chi connectivity index (χ2v) is 6.28. The van der Waals surface area contributed by atoms with Gasteiger partial charge >= 0.3 is 12.0 Å². The van der Waals surface area contributed by atoms with E-state index < -0.39 is 18.1 Å². The minimum atomic E-state index is -1.06. The average Bonchev–Trinajstić information content (AvgIpc) is 2.83. The quantitative estimate of drug-likeness (QED) is 0.692. The molecule has 1 saturated heterocycles. The molecule has 0 spiro atoms. The van der Waals surface area contributed by atoms with Crippen molar-refractivity contribution in [2.24, 2.45) is 5.41 Å². The molecule has 1 aliphatic carbocycles. The molecule has 2 fully saturated rings. The fraction of sp³-hybridized carbons (Fsp3) is 0.846. The lowest BCUT2D eigenvalue weighted by Gasteiger charge is -2.31. The topological polar surface area (TPSA) is 89.9 Å². The van der Waals surface area contributed by atoms with Crippen LogP contribution in [-0.2, 0) is 4.79 Å². The van der Waals surface area contributed by atoms with Crippen LogP contribution in [0.25, 0.3) is 0 Å². The van der Waals surface area contributed by atoms with Crippen LogP contribution in [0.1, 0.15) is 39.5 Å². The molecule has 1 heterocycles. The molecule has 108 valence electrons. The molecule has 3 atom stereocenters. The number of nitrogens with one attached hydrogen (secondary N) is 1. The number of hydrogen-bond donors (Lipinski definition) is 3. The highest BCUT2D eigenvalue weighted by Crippen LogP contribution is 2.37. The molecule has 6 nitrogen and oxygen atoms in total. The van der Waals surface area contributed by atoms with Gasteiger partial charge in [0.25, 0.3) is 0 Å². The van der Waals surface area contributed by atoms with E-state index in [-0.39, 0.29) is 30.5 Å². The van der Waals surface area contributed by atoms with Gasteiger partial charge in [0.15, 0.2) is 0 Å². The van der Waals surface area contributed by atoms with Crippen LogP contribution < -0.4 is 5.32 Å². The predicted octanol–water partition coefficient (Wildman–Crippen LogP) is 0.794. The molecule has 6 heteroatoms. The van der Waals surface area contributed by atoms with Gasteiger partial charge in [0.05, 0.1) is 6.10 Å². The Morgan fingerprint density at radius 2 is 2.05 bits per heavy atom. The number of aliphatic carboxylic acids is 1. The fourth-order valence-corrected chi connectivity index (χ4v) is 3.10. The largest absolute Gasteiger partial charge is 0.480 e. The fourth-order valence-electron chi connectivity index (χ4n) is 3.10. The Morgan fingerprint density at radius 3 is 2.58 bits per heavy atom. The maximum absolute atomic E-state index is 12.2. The second-order valence-electron chi connectivity index (χ2n) is 6.28. The smallest absolute Gasteiger partial charge is 0.326 e. The summed E-state index contributed by atoms with van der Waals surface area (Å²) < 4.78 is 0. The van der Waals surface area contributed by atoms with Gasteiger partial charge in [0, 0.05) is 19.0 Å². The van der Waals surface area contributed by atoms with E-state index in [1.54, 1.807) is 0 Å². The molecular formula is C13H22N2O4. The summed E-state index contributed by atoms with van der Waals surface area (Å²) in [5.74, 6) is -1.06. The molecule has 2 aliphatic rings. The molecule has 0 radical (unpaired) electrons. The Balaban J connectivity index is 2.01. The summed E-state index contributed by atoms with van der Waals surface area (Å²) in [4.78, 5) is 24.5. The zero-order valence-electron chi connectivity index (χ0n) is 11.4. The van der Waals surface area contributed by atoms with Crippen molar-refractivity contribution in [2.45, 2.75) is 57.7 Å². The summed E-state index contributed by atoms with van der Waals surface area (Å²) in [6.45, 7) is 4.31. The van der Waals surface area contributed by atoms with Gasteiger partial charge in [-0.15, -0.1) is 0 Å². The van der Waals surface area contributed by atoms with Crippen LogP contribution in [0, 0.1) is 5.41 Å². The van der Waals surface area contributed by atoms with Gasteiger partial charge in [-0.05, 0) is 18.3 Å². The zero-order valence-corrected chi connectivity index (χ0v) is 11.4. The zero-order chi connectivity index (χ0) is 14.2. The normalized spacial score (nSPS) is 33.4. The first-order chi connectivity index (χ1) is 8.81. The summed E-state index contributed by atoms with van der Waals surface area (Å²) in [5, 5.41) is 21.6. The third-order valence-electron chi connectivity index (χ3n) is 4.38. The molecule has 19 heavy (non-hydrogen) atoms. The molecule has 0 aromatic rings. The Bertz CT molecular complexity index is 383. The number of carboxylic acid groups (broad SMARTS) is 1. The number of rotatable bonds is 2. The molecule has 1 aliphatic heterocycles. The Hall–Kier alpha value is -1.30. The molecule has 2 rings (SSSR count). The summed E-state index contributed by atoms with van der Waals surface area (Å²) in [5.41, 5.74) is 0.0483. The SMILES string of the molecule is CC1(C)CCCC1NC(=O)N1C[C@H](O)C[C@@H]1C(=O)O. The van der Waals surface area contributed by atoms with Crippen LogP contribution in [-0.4, -0.2) is 51.8 Å². The number of hydrogen-bond acceptors (Lipinski definition) is 3. The molecule has 1 saturated carbocycles. The Labute approximate surface area is 112 Å². The third-order valence-corrected chi connectivity index (χ3v) is 4.38. The van der Waals surface area contributed by atoms with Gasteiger partial charge < -0.3 is 20.4 Å². The van der Waals surface area contributed by atoms with Gasteiger partial charge in [-0.3, -0.25) is 0 Å². The number of amides is 2. The maximum Gasteiger partial charge on any atom is 0.326 e. The number of β-amino-alcohol motifs (C(OH)–C–C–N with tert-alkyl or cyclic N) is 1. The average molecular weight is 270 g/mol. The highest BCUT2D eigenvalue weighted by molar-refractivity contribution is 5.83. The lowest BCUT2D eigenvalue weighted by atomic mass is 9.87. The van der Waals surface area contributed by atoms with Crippen LogP contribution in [0.5, 0.6) is 0 Å². The molecule has 0 bridgehead atoms. The number of nitrogens with zero attached hydrogens (tertiary/aromatic N) is 1. The highest BCUT2D eigenvalue weighted by Gasteiger charge is 2.42. The number of carbonyl (C=O) groups excluding carboxylic acids is 1. The first-order valence-corrected chi connectivity index (χ1v) is 6.79. The van der Waals surface area contributed by atoms with Gasteiger partial charge in [-0.1, -0.05) is 20.3 Å². The van der Waals surface area contributed by atoms with Crippen LogP contribution >= 0.6 is 0 Å². The number of carbonyl (C=O) groups is 2. The summed E-state index contributed by atoms with van der Waals surface area (Å²) in [7, 11) is 0. The van der Waals surface area contributed by atoms with Crippen LogP contribution in [0.2, 0.25) is 0 Å². The van der Waals surface area contributed by atoms with E-state index in [4.69, 9.17) is 5.11 Å². The van der Waals surface area contributed by atoms with Crippen LogP contribution in [0.3, 0.4) is 0 Å². The van der Waals surface area contributed by atoms with Crippen molar-refractivity contribution in [1.29, 1.82) is 0 Å². The number of likely N-dealkylation sites (tertiary alicyclic amines) is 1. The summed E-state index contributed by atoms with van der Waals surface area (Å²) in [6.07, 6.45) is 2.42. The van der Waals surface area contributed by atoms with Gasteiger partial charge in [-0.25, -0.2) is 9.59 Å². The minimum Gasteiger partial charge on any atom is -0.480 e. The highest BCUT2D eigenvalue weighted by atomic mass is 16.4. The van der Waals surface area contributed by atoms with Crippen LogP contribution in [0.15, 0.2) is 0 Å². The summed E-state index contributed by atoms with van der Waals surface area (Å²) >= 11 is 0. The Kier molecular flexibility index (Phi) is 3.71. The minimum absolute atomic E-state index is 0.0483. The molecule has 1 unspecified atom stereocenters. The number of aliphatic hydroxyl groups is 1. The third kappa shape index (κ3) is 2.83. The van der Waals surface area contributed by atoms with Gasteiger partial charge in [0.2, 0.25) is 0 Å². The standard InChI is InChI=1S/C13H22N2O4/c1-13(2)5-3-4-10(13)14-12(19)15-7-8(16)6-9(15)11(17)18/h8-10,16H,3-7H2,1-2H3,(H,14,19)(H,17,18)/t8-,9-,10?/m1/s1. The van der Waals surface area contributed by atoms with Crippen LogP contribution in [0.4, 0.5) is 4.79 Å². The molecule has 2 amide bonds.